The predicted molar refractivity (Wildman–Crippen MR) is 45.2 cm³/mol. The molecule has 4 atom stereocenters. The molecule has 0 aromatic carbocycles. The standard InChI is InChI=1S/C10H18O/c1-6-4-7-5-8(9(6)11)10(7,2)3/h6-9,11H,4-5H2,1-3H3/t6-,7+,8+,9-/m0/s1. The SMILES string of the molecule is C[C@H]1C[C@@H]2C[C@H]([C@H]1O)C2(C)C. The Bertz CT molecular complexity index is 174. The molecule has 3 aliphatic rings. The minimum Gasteiger partial charge on any atom is -0.393 e. The molecule has 64 valence electrons. The van der Waals surface area contributed by atoms with Crippen molar-refractivity contribution in [1.29, 1.82) is 0 Å². The Morgan fingerprint density at radius 3 is 2.27 bits per heavy atom. The first kappa shape index (κ1) is 7.60. The van der Waals surface area contributed by atoms with Gasteiger partial charge >= 0.3 is 0 Å². The van der Waals surface area contributed by atoms with Crippen LogP contribution >= 0.6 is 0 Å². The molecule has 1 N–H and O–H groups in total. The monoisotopic (exact) mass is 154 g/mol. The molecule has 0 amide bonds. The van der Waals surface area contributed by atoms with Crippen LogP contribution in [0.15, 0.2) is 0 Å². The third kappa shape index (κ3) is 0.807. The van der Waals surface area contributed by atoms with Gasteiger partial charge in [-0.05, 0) is 36.0 Å². The van der Waals surface area contributed by atoms with Gasteiger partial charge in [0.15, 0.2) is 0 Å². The zero-order valence-corrected chi connectivity index (χ0v) is 7.67. The maximum Gasteiger partial charge on any atom is 0.0599 e. The minimum absolute atomic E-state index is 0.0185. The first-order valence-electron chi connectivity index (χ1n) is 4.71. The molecule has 0 heterocycles. The number of fused-ring (bicyclic) bond motifs is 2. The molecule has 3 fully saturated rings. The Labute approximate surface area is 68.8 Å². The van der Waals surface area contributed by atoms with Crippen molar-refractivity contribution >= 4 is 0 Å². The molecular formula is C10H18O. The Morgan fingerprint density at radius 2 is 1.91 bits per heavy atom. The van der Waals surface area contributed by atoms with E-state index in [4.69, 9.17) is 0 Å². The highest BCUT2D eigenvalue weighted by molar-refractivity contribution is 5.05. The Balaban J connectivity index is 2.17. The van der Waals surface area contributed by atoms with Crippen molar-refractivity contribution in [2.75, 3.05) is 0 Å². The van der Waals surface area contributed by atoms with E-state index in [1.54, 1.807) is 0 Å². The lowest BCUT2D eigenvalue weighted by Gasteiger charge is -2.60. The van der Waals surface area contributed by atoms with Crippen molar-refractivity contribution in [2.45, 2.75) is 39.7 Å². The summed E-state index contributed by atoms with van der Waals surface area (Å²) in [7, 11) is 0. The van der Waals surface area contributed by atoms with E-state index in [-0.39, 0.29) is 6.10 Å². The molecule has 0 aromatic heterocycles. The predicted octanol–water partition coefficient (Wildman–Crippen LogP) is 2.05. The summed E-state index contributed by atoms with van der Waals surface area (Å²) < 4.78 is 0. The molecule has 1 heteroatoms. The number of rotatable bonds is 0. The summed E-state index contributed by atoms with van der Waals surface area (Å²) in [4.78, 5) is 0. The highest BCUT2D eigenvalue weighted by atomic mass is 16.3. The largest absolute Gasteiger partial charge is 0.393 e. The second-order valence-electron chi connectivity index (χ2n) is 5.06. The summed E-state index contributed by atoms with van der Waals surface area (Å²) in [5, 5.41) is 9.82. The quantitative estimate of drug-likeness (QED) is 0.566. The molecule has 0 unspecified atom stereocenters. The maximum atomic E-state index is 9.82. The lowest BCUT2D eigenvalue weighted by atomic mass is 9.46. The highest BCUT2D eigenvalue weighted by Gasteiger charge is 2.56. The normalized spacial score (nSPS) is 53.5. The fourth-order valence-electron chi connectivity index (χ4n) is 3.02. The Hall–Kier alpha value is -0.0400. The van der Waals surface area contributed by atoms with E-state index in [0.29, 0.717) is 17.3 Å². The lowest BCUT2D eigenvalue weighted by Crippen LogP contribution is -2.57. The van der Waals surface area contributed by atoms with Gasteiger partial charge in [-0.3, -0.25) is 0 Å². The number of hydrogen-bond donors (Lipinski definition) is 1. The van der Waals surface area contributed by atoms with Gasteiger partial charge in [0.2, 0.25) is 0 Å². The third-order valence-corrected chi connectivity index (χ3v) is 4.20. The van der Waals surface area contributed by atoms with Crippen LogP contribution in [-0.4, -0.2) is 11.2 Å². The summed E-state index contributed by atoms with van der Waals surface area (Å²) >= 11 is 0. The fraction of sp³-hybridized carbons (Fsp3) is 1.00. The molecule has 0 aliphatic heterocycles. The van der Waals surface area contributed by atoms with Crippen molar-refractivity contribution < 1.29 is 5.11 Å². The molecule has 11 heavy (non-hydrogen) atoms. The van der Waals surface area contributed by atoms with Crippen molar-refractivity contribution in [1.82, 2.24) is 0 Å². The molecule has 0 saturated heterocycles. The van der Waals surface area contributed by atoms with Crippen molar-refractivity contribution in [3.63, 3.8) is 0 Å². The molecule has 3 rings (SSSR count). The van der Waals surface area contributed by atoms with E-state index in [2.05, 4.69) is 20.8 Å². The first-order valence-corrected chi connectivity index (χ1v) is 4.71. The van der Waals surface area contributed by atoms with Crippen molar-refractivity contribution in [2.24, 2.45) is 23.2 Å². The summed E-state index contributed by atoms with van der Waals surface area (Å²) in [6.07, 6.45) is 2.50. The first-order chi connectivity index (χ1) is 5.03. The average molecular weight is 154 g/mol. The van der Waals surface area contributed by atoms with Crippen LogP contribution in [0.1, 0.15) is 33.6 Å². The molecule has 0 spiro atoms. The van der Waals surface area contributed by atoms with Crippen LogP contribution in [-0.2, 0) is 0 Å². The van der Waals surface area contributed by atoms with Crippen molar-refractivity contribution in [3.05, 3.63) is 0 Å². The van der Waals surface area contributed by atoms with Crippen LogP contribution in [0.4, 0.5) is 0 Å². The summed E-state index contributed by atoms with van der Waals surface area (Å²) in [5.74, 6) is 2.04. The average Bonchev–Trinajstić information content (AvgIpc) is 1.93. The van der Waals surface area contributed by atoms with Crippen LogP contribution in [0.25, 0.3) is 0 Å². The third-order valence-electron chi connectivity index (χ3n) is 4.20. The van der Waals surface area contributed by atoms with Gasteiger partial charge in [-0.2, -0.15) is 0 Å². The highest BCUT2D eigenvalue weighted by Crippen LogP contribution is 2.60. The zero-order chi connectivity index (χ0) is 8.22. The van der Waals surface area contributed by atoms with Crippen LogP contribution in [0, 0.1) is 23.2 Å². The molecule has 3 saturated carbocycles. The van der Waals surface area contributed by atoms with Gasteiger partial charge in [-0.15, -0.1) is 0 Å². The molecule has 1 nitrogen and oxygen atoms in total. The Morgan fingerprint density at radius 1 is 1.27 bits per heavy atom. The molecular weight excluding hydrogens is 136 g/mol. The van der Waals surface area contributed by atoms with Gasteiger partial charge in [0, 0.05) is 0 Å². The smallest absolute Gasteiger partial charge is 0.0599 e. The van der Waals surface area contributed by atoms with Crippen molar-refractivity contribution in [3.8, 4) is 0 Å². The van der Waals surface area contributed by atoms with Gasteiger partial charge in [0.1, 0.15) is 0 Å². The number of aliphatic hydroxyl groups is 1. The van der Waals surface area contributed by atoms with Gasteiger partial charge in [0.25, 0.3) is 0 Å². The second-order valence-corrected chi connectivity index (χ2v) is 5.06. The van der Waals surface area contributed by atoms with Gasteiger partial charge in [-0.1, -0.05) is 20.8 Å². The zero-order valence-electron chi connectivity index (χ0n) is 7.67. The number of aliphatic hydroxyl groups excluding tert-OH is 1. The lowest BCUT2D eigenvalue weighted by molar-refractivity contribution is -0.165. The second kappa shape index (κ2) is 2.01. The molecule has 2 bridgehead atoms. The van der Waals surface area contributed by atoms with E-state index in [1.165, 1.54) is 12.8 Å². The maximum absolute atomic E-state index is 9.82. The fourth-order valence-corrected chi connectivity index (χ4v) is 3.02. The topological polar surface area (TPSA) is 20.2 Å². The molecule has 0 aromatic rings. The van der Waals surface area contributed by atoms with E-state index in [1.807, 2.05) is 0 Å². The van der Waals surface area contributed by atoms with E-state index >= 15 is 0 Å². The van der Waals surface area contributed by atoms with E-state index in [0.717, 1.165) is 5.92 Å². The number of hydrogen-bond acceptors (Lipinski definition) is 1. The van der Waals surface area contributed by atoms with Crippen LogP contribution in [0.5, 0.6) is 0 Å². The van der Waals surface area contributed by atoms with Gasteiger partial charge in [-0.25, -0.2) is 0 Å². The van der Waals surface area contributed by atoms with Gasteiger partial charge in [0.05, 0.1) is 6.10 Å². The van der Waals surface area contributed by atoms with Crippen LogP contribution in [0.3, 0.4) is 0 Å². The van der Waals surface area contributed by atoms with Gasteiger partial charge < -0.3 is 5.11 Å². The summed E-state index contributed by atoms with van der Waals surface area (Å²) in [6, 6.07) is 0. The van der Waals surface area contributed by atoms with Crippen LogP contribution < -0.4 is 0 Å². The van der Waals surface area contributed by atoms with E-state index in [9.17, 15) is 5.11 Å². The summed E-state index contributed by atoms with van der Waals surface area (Å²) in [6.45, 7) is 6.79. The summed E-state index contributed by atoms with van der Waals surface area (Å²) in [5.41, 5.74) is 0.436. The minimum atomic E-state index is -0.0185. The molecule has 3 aliphatic carbocycles. The Kier molecular flexibility index (Phi) is 1.39. The van der Waals surface area contributed by atoms with Crippen LogP contribution in [0.2, 0.25) is 0 Å². The van der Waals surface area contributed by atoms with E-state index < -0.39 is 0 Å². The molecule has 0 radical (unpaired) electrons.